The SMILES string of the molecule is COc1ccc(OC)c(N2C(=O)C(Nc3cc(C)ccc3C)=C(c3ccc(F)cc3)C2=O)c1. The molecular formula is C26H23FN2O4. The van der Waals surface area contributed by atoms with Gasteiger partial charge >= 0.3 is 0 Å². The van der Waals surface area contributed by atoms with Crippen molar-refractivity contribution in [2.75, 3.05) is 24.4 Å². The molecule has 0 atom stereocenters. The summed E-state index contributed by atoms with van der Waals surface area (Å²) in [6, 6.07) is 16.1. The number of halogens is 1. The molecule has 2 amide bonds. The van der Waals surface area contributed by atoms with Crippen molar-refractivity contribution >= 4 is 28.8 Å². The van der Waals surface area contributed by atoms with Gasteiger partial charge in [0.25, 0.3) is 11.8 Å². The van der Waals surface area contributed by atoms with Crippen molar-refractivity contribution in [3.63, 3.8) is 0 Å². The van der Waals surface area contributed by atoms with Crippen molar-refractivity contribution in [3.8, 4) is 11.5 Å². The molecule has 168 valence electrons. The third kappa shape index (κ3) is 4.05. The fourth-order valence-electron chi connectivity index (χ4n) is 3.73. The molecule has 0 aromatic heterocycles. The average molecular weight is 446 g/mol. The van der Waals surface area contributed by atoms with Crippen LogP contribution in [0.2, 0.25) is 0 Å². The Morgan fingerprint density at radius 1 is 0.848 bits per heavy atom. The second-order valence-corrected chi connectivity index (χ2v) is 7.68. The zero-order chi connectivity index (χ0) is 23.7. The van der Waals surface area contributed by atoms with Gasteiger partial charge in [-0.25, -0.2) is 9.29 Å². The van der Waals surface area contributed by atoms with Crippen LogP contribution in [0.25, 0.3) is 5.57 Å². The first-order valence-corrected chi connectivity index (χ1v) is 10.3. The fourth-order valence-corrected chi connectivity index (χ4v) is 3.73. The third-order valence-corrected chi connectivity index (χ3v) is 5.50. The molecule has 0 spiro atoms. The minimum atomic E-state index is -0.550. The first-order valence-electron chi connectivity index (χ1n) is 10.3. The number of aryl methyl sites for hydroxylation is 2. The summed E-state index contributed by atoms with van der Waals surface area (Å²) < 4.78 is 24.3. The number of hydrogen-bond donors (Lipinski definition) is 1. The molecule has 1 aliphatic heterocycles. The van der Waals surface area contributed by atoms with Crippen LogP contribution in [0.3, 0.4) is 0 Å². The van der Waals surface area contributed by atoms with Gasteiger partial charge in [-0.3, -0.25) is 9.59 Å². The summed E-state index contributed by atoms with van der Waals surface area (Å²) in [5, 5.41) is 3.16. The Kier molecular flexibility index (Phi) is 5.87. The molecule has 6 nitrogen and oxygen atoms in total. The Balaban J connectivity index is 1.88. The molecule has 1 heterocycles. The number of ether oxygens (including phenoxy) is 2. The highest BCUT2D eigenvalue weighted by Crippen LogP contribution is 2.40. The Bertz CT molecular complexity index is 1280. The van der Waals surface area contributed by atoms with Crippen molar-refractivity contribution in [3.05, 3.63) is 88.9 Å². The van der Waals surface area contributed by atoms with Crippen LogP contribution in [0.5, 0.6) is 11.5 Å². The predicted octanol–water partition coefficient (Wildman–Crippen LogP) is 4.86. The minimum Gasteiger partial charge on any atom is -0.497 e. The molecule has 0 aliphatic carbocycles. The molecule has 4 rings (SSSR count). The van der Waals surface area contributed by atoms with Crippen molar-refractivity contribution < 1.29 is 23.5 Å². The van der Waals surface area contributed by atoms with Gasteiger partial charge in [-0.2, -0.15) is 0 Å². The molecule has 7 heteroatoms. The maximum atomic E-state index is 13.6. The molecule has 0 unspecified atom stereocenters. The van der Waals surface area contributed by atoms with E-state index in [4.69, 9.17) is 9.47 Å². The number of methoxy groups -OCH3 is 2. The van der Waals surface area contributed by atoms with Crippen LogP contribution in [0.15, 0.2) is 66.4 Å². The van der Waals surface area contributed by atoms with Crippen LogP contribution in [-0.4, -0.2) is 26.0 Å². The molecule has 0 radical (unpaired) electrons. The van der Waals surface area contributed by atoms with Gasteiger partial charge in [0.1, 0.15) is 23.0 Å². The lowest BCUT2D eigenvalue weighted by atomic mass is 10.0. The van der Waals surface area contributed by atoms with E-state index in [9.17, 15) is 14.0 Å². The Morgan fingerprint density at radius 3 is 2.24 bits per heavy atom. The highest BCUT2D eigenvalue weighted by atomic mass is 19.1. The summed E-state index contributed by atoms with van der Waals surface area (Å²) >= 11 is 0. The highest BCUT2D eigenvalue weighted by molar-refractivity contribution is 6.46. The fraction of sp³-hybridized carbons (Fsp3) is 0.154. The zero-order valence-electron chi connectivity index (χ0n) is 18.7. The average Bonchev–Trinajstić information content (AvgIpc) is 3.05. The van der Waals surface area contributed by atoms with Crippen molar-refractivity contribution in [2.45, 2.75) is 13.8 Å². The Labute approximate surface area is 191 Å². The largest absolute Gasteiger partial charge is 0.497 e. The summed E-state index contributed by atoms with van der Waals surface area (Å²) in [6.07, 6.45) is 0. The number of imide groups is 1. The van der Waals surface area contributed by atoms with Crippen molar-refractivity contribution in [2.24, 2.45) is 0 Å². The zero-order valence-corrected chi connectivity index (χ0v) is 18.7. The van der Waals surface area contributed by atoms with Crippen LogP contribution in [0.4, 0.5) is 15.8 Å². The van der Waals surface area contributed by atoms with E-state index in [1.807, 2.05) is 32.0 Å². The molecule has 3 aromatic carbocycles. The number of amides is 2. The Hall–Kier alpha value is -4.13. The third-order valence-electron chi connectivity index (χ3n) is 5.50. The number of nitrogens with zero attached hydrogens (tertiary/aromatic N) is 1. The molecule has 0 bridgehead atoms. The van der Waals surface area contributed by atoms with Crippen molar-refractivity contribution in [1.82, 2.24) is 0 Å². The van der Waals surface area contributed by atoms with Crippen LogP contribution >= 0.6 is 0 Å². The van der Waals surface area contributed by atoms with E-state index in [1.54, 1.807) is 18.2 Å². The molecule has 3 aromatic rings. The molecule has 1 N–H and O–H groups in total. The monoisotopic (exact) mass is 446 g/mol. The van der Waals surface area contributed by atoms with Gasteiger partial charge < -0.3 is 14.8 Å². The van der Waals surface area contributed by atoms with Gasteiger partial charge in [-0.1, -0.05) is 24.3 Å². The van der Waals surface area contributed by atoms with E-state index in [0.717, 1.165) is 16.0 Å². The van der Waals surface area contributed by atoms with Gasteiger partial charge in [0.2, 0.25) is 0 Å². The minimum absolute atomic E-state index is 0.102. The standard InChI is InChI=1S/C26H23FN2O4/c1-15-5-6-16(2)20(13-15)28-24-23(17-7-9-18(27)10-8-17)25(30)29(26(24)31)21-14-19(32-3)11-12-22(21)33-4/h5-14,28H,1-4H3. The summed E-state index contributed by atoms with van der Waals surface area (Å²) in [6.45, 7) is 3.85. The van der Waals surface area contributed by atoms with E-state index in [-0.39, 0.29) is 17.0 Å². The molecule has 0 saturated heterocycles. The predicted molar refractivity (Wildman–Crippen MR) is 125 cm³/mol. The van der Waals surface area contributed by atoms with Crippen LogP contribution in [0, 0.1) is 19.7 Å². The van der Waals surface area contributed by atoms with Crippen LogP contribution in [0.1, 0.15) is 16.7 Å². The molecular weight excluding hydrogens is 423 g/mol. The lowest BCUT2D eigenvalue weighted by Crippen LogP contribution is -2.32. The van der Waals surface area contributed by atoms with E-state index in [2.05, 4.69) is 5.32 Å². The molecule has 33 heavy (non-hydrogen) atoms. The molecule has 0 fully saturated rings. The van der Waals surface area contributed by atoms with E-state index < -0.39 is 17.6 Å². The van der Waals surface area contributed by atoms with Gasteiger partial charge in [-0.15, -0.1) is 0 Å². The lowest BCUT2D eigenvalue weighted by molar-refractivity contribution is -0.120. The van der Waals surface area contributed by atoms with E-state index >= 15 is 0 Å². The summed E-state index contributed by atoms with van der Waals surface area (Å²) in [5.41, 5.74) is 3.52. The van der Waals surface area contributed by atoms with Crippen LogP contribution < -0.4 is 19.7 Å². The topological polar surface area (TPSA) is 67.9 Å². The maximum Gasteiger partial charge on any atom is 0.282 e. The van der Waals surface area contributed by atoms with Gasteiger partial charge in [0.15, 0.2) is 0 Å². The lowest BCUT2D eigenvalue weighted by Gasteiger charge is -2.19. The highest BCUT2D eigenvalue weighted by Gasteiger charge is 2.41. The summed E-state index contributed by atoms with van der Waals surface area (Å²) in [7, 11) is 2.95. The van der Waals surface area contributed by atoms with Gasteiger partial charge in [0.05, 0.1) is 25.5 Å². The second kappa shape index (κ2) is 8.78. The number of rotatable bonds is 6. The first-order chi connectivity index (χ1) is 15.8. The summed E-state index contributed by atoms with van der Waals surface area (Å²) in [5.74, 6) is -0.737. The Morgan fingerprint density at radius 2 is 1.58 bits per heavy atom. The van der Waals surface area contributed by atoms with Gasteiger partial charge in [0, 0.05) is 11.8 Å². The van der Waals surface area contributed by atoms with E-state index in [1.165, 1.54) is 38.5 Å². The van der Waals surface area contributed by atoms with Crippen molar-refractivity contribution in [1.29, 1.82) is 0 Å². The number of anilines is 2. The normalized spacial score (nSPS) is 13.5. The molecule has 0 saturated carbocycles. The maximum absolute atomic E-state index is 13.6. The summed E-state index contributed by atoms with van der Waals surface area (Å²) in [4.78, 5) is 28.3. The number of nitrogens with one attached hydrogen (secondary N) is 1. The first kappa shape index (κ1) is 22.1. The van der Waals surface area contributed by atoms with Gasteiger partial charge in [-0.05, 0) is 60.9 Å². The van der Waals surface area contributed by atoms with E-state index in [0.29, 0.717) is 22.7 Å². The van der Waals surface area contributed by atoms with Crippen LogP contribution in [-0.2, 0) is 9.59 Å². The molecule has 1 aliphatic rings. The smallest absolute Gasteiger partial charge is 0.282 e. The quantitative estimate of drug-likeness (QED) is 0.548. The second-order valence-electron chi connectivity index (χ2n) is 7.68. The number of benzene rings is 3. The number of hydrogen-bond acceptors (Lipinski definition) is 5. The number of carbonyl (C=O) groups excluding carboxylic acids is 2. The number of carbonyl (C=O) groups is 2.